The highest BCUT2D eigenvalue weighted by Crippen LogP contribution is 2.48. The number of amides is 1. The number of nitrogens with zero attached hydrogens (tertiary/aromatic N) is 4. The highest BCUT2D eigenvalue weighted by atomic mass is 32.1. The molecule has 2 fully saturated rings. The number of carbonyl (C=O) groups excluding carboxylic acids is 1. The molecule has 3 unspecified atom stereocenters. The Morgan fingerprint density at radius 2 is 2.02 bits per heavy atom. The first-order valence-corrected chi connectivity index (χ1v) is 14.8. The summed E-state index contributed by atoms with van der Waals surface area (Å²) in [7, 11) is 0. The average Bonchev–Trinajstić information content (AvgIpc) is 3.34. The molecular weight excluding hydrogens is 522 g/mol. The number of ether oxygens (including phenoxy) is 1. The van der Waals surface area contributed by atoms with E-state index in [1.165, 1.54) is 12.8 Å². The standard InChI is InChI=1S/C30H39N7O2S/c1-19(31-22-6-5-7-25(40)32-22)8-9-20-18-29(2,3)37-26(20)34-28(38)21-10-11-23(33-27(21)37)36-16-12-24(35-36)39-17-15-30(4)13-14-30/h5-7,10-12,16,19-20,26H,8-9,13-15,17-18H2,1-4H3,(H,34,38)(H2,31,32,40). The number of rotatable bonds is 10. The number of nitrogens with one attached hydrogen (secondary N) is 3. The van der Waals surface area contributed by atoms with Crippen LogP contribution in [0.3, 0.4) is 0 Å². The molecule has 9 nitrogen and oxygen atoms in total. The Kier molecular flexibility index (Phi) is 6.84. The largest absolute Gasteiger partial charge is 0.477 e. The molecule has 1 aliphatic carbocycles. The van der Waals surface area contributed by atoms with E-state index in [2.05, 4.69) is 53.3 Å². The van der Waals surface area contributed by atoms with Crippen LogP contribution >= 0.6 is 12.2 Å². The van der Waals surface area contributed by atoms with Crippen LogP contribution in [0, 0.1) is 16.0 Å². The molecule has 0 aromatic carbocycles. The summed E-state index contributed by atoms with van der Waals surface area (Å²) in [6.45, 7) is 9.63. The van der Waals surface area contributed by atoms with Gasteiger partial charge in [-0.1, -0.05) is 25.2 Å². The molecule has 5 heterocycles. The summed E-state index contributed by atoms with van der Waals surface area (Å²) in [5.74, 6) is 3.15. The lowest BCUT2D eigenvalue weighted by Gasteiger charge is -2.41. The third-order valence-corrected chi connectivity index (χ3v) is 8.99. The molecule has 10 heteroatoms. The minimum Gasteiger partial charge on any atom is -0.477 e. The first-order valence-electron chi connectivity index (χ1n) is 14.4. The first kappa shape index (κ1) is 26.8. The second-order valence-corrected chi connectivity index (χ2v) is 13.1. The Balaban J connectivity index is 1.16. The fourth-order valence-electron chi connectivity index (χ4n) is 6.15. The van der Waals surface area contributed by atoms with Gasteiger partial charge in [-0.15, -0.1) is 5.10 Å². The maximum atomic E-state index is 13.2. The van der Waals surface area contributed by atoms with Crippen molar-refractivity contribution in [2.45, 2.75) is 84.0 Å². The van der Waals surface area contributed by atoms with Crippen molar-refractivity contribution in [2.24, 2.45) is 11.3 Å². The Bertz CT molecular complexity index is 1460. The predicted molar refractivity (Wildman–Crippen MR) is 159 cm³/mol. The minimum absolute atomic E-state index is 0.0703. The maximum Gasteiger partial charge on any atom is 0.256 e. The monoisotopic (exact) mass is 561 g/mol. The summed E-state index contributed by atoms with van der Waals surface area (Å²) in [5.41, 5.74) is 0.885. The lowest BCUT2D eigenvalue weighted by Crippen LogP contribution is -2.57. The number of hydrogen-bond donors (Lipinski definition) is 3. The molecule has 6 rings (SSSR count). The van der Waals surface area contributed by atoms with Crippen LogP contribution in [0.2, 0.25) is 0 Å². The van der Waals surface area contributed by atoms with Gasteiger partial charge < -0.3 is 25.3 Å². The molecule has 0 bridgehead atoms. The molecule has 3 atom stereocenters. The fourth-order valence-corrected chi connectivity index (χ4v) is 6.34. The molecule has 0 spiro atoms. The maximum absolute atomic E-state index is 13.2. The number of anilines is 2. The van der Waals surface area contributed by atoms with E-state index in [0.29, 0.717) is 39.8 Å². The first-order chi connectivity index (χ1) is 19.1. The topological polar surface area (TPSA) is 100 Å². The number of hydrogen-bond acceptors (Lipinski definition) is 7. The summed E-state index contributed by atoms with van der Waals surface area (Å²) in [6.07, 6.45) is 8.28. The van der Waals surface area contributed by atoms with Gasteiger partial charge in [-0.2, -0.15) is 0 Å². The highest BCUT2D eigenvalue weighted by molar-refractivity contribution is 7.71. The quantitative estimate of drug-likeness (QED) is 0.267. The zero-order valence-electron chi connectivity index (χ0n) is 23.7. The van der Waals surface area contributed by atoms with Crippen LogP contribution in [0.25, 0.3) is 5.82 Å². The van der Waals surface area contributed by atoms with Crippen LogP contribution in [0.4, 0.5) is 11.6 Å². The van der Waals surface area contributed by atoms with Gasteiger partial charge in [0.05, 0.1) is 12.2 Å². The minimum atomic E-state index is -0.165. The van der Waals surface area contributed by atoms with Gasteiger partial charge in [0.15, 0.2) is 5.82 Å². The van der Waals surface area contributed by atoms with Gasteiger partial charge in [0.2, 0.25) is 5.88 Å². The third-order valence-electron chi connectivity index (χ3n) is 8.75. The average molecular weight is 562 g/mol. The van der Waals surface area contributed by atoms with Crippen molar-refractivity contribution in [3.05, 3.63) is 52.8 Å². The van der Waals surface area contributed by atoms with E-state index in [4.69, 9.17) is 21.9 Å². The fraction of sp³-hybridized carbons (Fsp3) is 0.533. The summed E-state index contributed by atoms with van der Waals surface area (Å²) in [6, 6.07) is 11.7. The van der Waals surface area contributed by atoms with Crippen molar-refractivity contribution >= 4 is 29.8 Å². The van der Waals surface area contributed by atoms with Gasteiger partial charge >= 0.3 is 0 Å². The van der Waals surface area contributed by atoms with Gasteiger partial charge in [0, 0.05) is 29.8 Å². The lowest BCUT2D eigenvalue weighted by molar-refractivity contribution is 0.0916. The van der Waals surface area contributed by atoms with Crippen molar-refractivity contribution in [3.8, 4) is 11.7 Å². The van der Waals surface area contributed by atoms with Crippen molar-refractivity contribution in [3.63, 3.8) is 0 Å². The van der Waals surface area contributed by atoms with Crippen LogP contribution < -0.4 is 20.3 Å². The number of aromatic amines is 1. The molecule has 3 aromatic rings. The Morgan fingerprint density at radius 1 is 1.20 bits per heavy atom. The van der Waals surface area contributed by atoms with Crippen molar-refractivity contribution < 1.29 is 9.53 Å². The zero-order valence-corrected chi connectivity index (χ0v) is 24.6. The SMILES string of the molecule is CC(CCC1CC(C)(C)N2c3nc(-n4ccc(OCCC5(C)CC5)n4)ccc3C(=O)NC12)Nc1cccc(=S)[nH]1. The molecule has 212 valence electrons. The molecule has 1 saturated carbocycles. The number of pyridine rings is 2. The van der Waals surface area contributed by atoms with E-state index in [1.807, 2.05) is 42.6 Å². The van der Waals surface area contributed by atoms with Gasteiger partial charge in [-0.3, -0.25) is 4.79 Å². The van der Waals surface area contributed by atoms with Gasteiger partial charge in [-0.05, 0) is 89.0 Å². The second kappa shape index (κ2) is 10.2. The zero-order chi connectivity index (χ0) is 28.1. The van der Waals surface area contributed by atoms with E-state index >= 15 is 0 Å². The number of H-pyrrole nitrogens is 1. The summed E-state index contributed by atoms with van der Waals surface area (Å²) < 4.78 is 8.36. The molecule has 1 saturated heterocycles. The lowest BCUT2D eigenvalue weighted by atomic mass is 9.91. The summed E-state index contributed by atoms with van der Waals surface area (Å²) in [5, 5.41) is 11.4. The van der Waals surface area contributed by atoms with E-state index in [-0.39, 0.29) is 23.7 Å². The van der Waals surface area contributed by atoms with Crippen molar-refractivity contribution in [1.82, 2.24) is 25.1 Å². The molecule has 2 aliphatic heterocycles. The molecule has 0 radical (unpaired) electrons. The van der Waals surface area contributed by atoms with Crippen molar-refractivity contribution in [1.29, 1.82) is 0 Å². The van der Waals surface area contributed by atoms with Gasteiger partial charge in [0.1, 0.15) is 22.4 Å². The van der Waals surface area contributed by atoms with Gasteiger partial charge in [0.25, 0.3) is 5.91 Å². The van der Waals surface area contributed by atoms with Gasteiger partial charge in [-0.25, -0.2) is 9.67 Å². The van der Waals surface area contributed by atoms with Crippen LogP contribution in [-0.4, -0.2) is 50.0 Å². The van der Waals surface area contributed by atoms with E-state index in [0.717, 1.165) is 37.3 Å². The number of carbonyl (C=O) groups is 1. The molecule has 3 N–H and O–H groups in total. The third kappa shape index (κ3) is 5.46. The molecule has 1 amide bonds. The van der Waals surface area contributed by atoms with Crippen LogP contribution in [0.1, 0.15) is 76.6 Å². The summed E-state index contributed by atoms with van der Waals surface area (Å²) in [4.78, 5) is 23.7. The number of aromatic nitrogens is 4. The van der Waals surface area contributed by atoms with Crippen molar-refractivity contribution in [2.75, 3.05) is 16.8 Å². The van der Waals surface area contributed by atoms with Crippen LogP contribution in [-0.2, 0) is 0 Å². The summed E-state index contributed by atoms with van der Waals surface area (Å²) >= 11 is 5.25. The predicted octanol–water partition coefficient (Wildman–Crippen LogP) is 5.85. The number of fused-ring (bicyclic) bond motifs is 3. The van der Waals surface area contributed by atoms with E-state index in [1.54, 1.807) is 4.68 Å². The molecule has 40 heavy (non-hydrogen) atoms. The molecule has 3 aliphatic rings. The van der Waals surface area contributed by atoms with Crippen LogP contribution in [0.15, 0.2) is 42.6 Å². The Hall–Kier alpha value is -3.40. The smallest absolute Gasteiger partial charge is 0.256 e. The Morgan fingerprint density at radius 3 is 2.80 bits per heavy atom. The van der Waals surface area contributed by atoms with E-state index < -0.39 is 0 Å². The van der Waals surface area contributed by atoms with E-state index in [9.17, 15) is 4.79 Å². The molecule has 3 aromatic heterocycles. The second-order valence-electron chi connectivity index (χ2n) is 12.7. The highest BCUT2D eigenvalue weighted by Gasteiger charge is 2.50. The normalized spacial score (nSPS) is 22.7. The van der Waals surface area contributed by atoms with Crippen LogP contribution in [0.5, 0.6) is 5.88 Å². The molecular formula is C30H39N7O2S. The Labute approximate surface area is 240 Å².